The van der Waals surface area contributed by atoms with E-state index >= 15 is 0 Å². The molecule has 1 aliphatic carbocycles. The predicted octanol–water partition coefficient (Wildman–Crippen LogP) is 3.88. The normalized spacial score (nSPS) is 16.6. The summed E-state index contributed by atoms with van der Waals surface area (Å²) in [6.07, 6.45) is 4.88. The zero-order chi connectivity index (χ0) is 20.5. The van der Waals surface area contributed by atoms with Crippen LogP contribution in [0.4, 0.5) is 11.4 Å². The lowest BCUT2D eigenvalue weighted by Gasteiger charge is -2.22. The average Bonchev–Trinajstić information content (AvgIpc) is 2.99. The molecule has 1 fully saturated rings. The molecule has 1 saturated carbocycles. The fourth-order valence-electron chi connectivity index (χ4n) is 3.80. The SMILES string of the molecule is O=C(OC1CCCCC1)c1ccc(N2C(=O)c3cccc([N+](=O)[O-])c3C2=O)cc1. The van der Waals surface area contributed by atoms with Crippen molar-refractivity contribution in [3.8, 4) is 0 Å². The van der Waals surface area contributed by atoms with Crippen molar-refractivity contribution in [3.05, 3.63) is 69.3 Å². The van der Waals surface area contributed by atoms with Crippen molar-refractivity contribution in [2.75, 3.05) is 4.90 Å². The summed E-state index contributed by atoms with van der Waals surface area (Å²) >= 11 is 0. The highest BCUT2D eigenvalue weighted by Crippen LogP contribution is 2.34. The molecule has 0 N–H and O–H groups in total. The fourth-order valence-corrected chi connectivity index (χ4v) is 3.80. The molecule has 0 radical (unpaired) electrons. The fraction of sp³-hybridized carbons (Fsp3) is 0.286. The number of hydrogen-bond acceptors (Lipinski definition) is 6. The van der Waals surface area contributed by atoms with Crippen LogP contribution in [0.15, 0.2) is 42.5 Å². The van der Waals surface area contributed by atoms with E-state index in [0.717, 1.165) is 37.0 Å². The Balaban J connectivity index is 1.56. The van der Waals surface area contributed by atoms with Crippen LogP contribution in [-0.4, -0.2) is 28.8 Å². The van der Waals surface area contributed by atoms with Gasteiger partial charge >= 0.3 is 5.97 Å². The summed E-state index contributed by atoms with van der Waals surface area (Å²) in [4.78, 5) is 49.1. The first-order chi connectivity index (χ1) is 14.0. The van der Waals surface area contributed by atoms with E-state index in [9.17, 15) is 24.5 Å². The zero-order valence-corrected chi connectivity index (χ0v) is 15.5. The molecule has 0 atom stereocenters. The van der Waals surface area contributed by atoms with Crippen LogP contribution in [0.5, 0.6) is 0 Å². The lowest BCUT2D eigenvalue weighted by Crippen LogP contribution is -2.29. The first-order valence-electron chi connectivity index (χ1n) is 9.44. The van der Waals surface area contributed by atoms with Crippen molar-refractivity contribution in [1.29, 1.82) is 0 Å². The average molecular weight is 394 g/mol. The Kier molecular flexibility index (Phi) is 4.84. The number of nitro groups is 1. The molecule has 2 aromatic rings. The zero-order valence-electron chi connectivity index (χ0n) is 15.5. The van der Waals surface area contributed by atoms with Gasteiger partial charge in [-0.25, -0.2) is 9.69 Å². The van der Waals surface area contributed by atoms with Crippen LogP contribution >= 0.6 is 0 Å². The number of rotatable bonds is 4. The van der Waals surface area contributed by atoms with Crippen LogP contribution in [0.1, 0.15) is 63.2 Å². The summed E-state index contributed by atoms with van der Waals surface area (Å²) in [5.41, 5.74) is -0.0778. The van der Waals surface area contributed by atoms with Crippen molar-refractivity contribution < 1.29 is 24.0 Å². The summed E-state index contributed by atoms with van der Waals surface area (Å²) in [6.45, 7) is 0. The molecule has 1 aliphatic heterocycles. The van der Waals surface area contributed by atoms with Crippen LogP contribution in [0.2, 0.25) is 0 Å². The highest BCUT2D eigenvalue weighted by Gasteiger charge is 2.41. The smallest absolute Gasteiger partial charge is 0.338 e. The molecule has 2 aromatic carbocycles. The minimum Gasteiger partial charge on any atom is -0.459 e. The first-order valence-corrected chi connectivity index (χ1v) is 9.44. The topological polar surface area (TPSA) is 107 Å². The third-order valence-electron chi connectivity index (χ3n) is 5.28. The Labute approximate surface area is 166 Å². The van der Waals surface area contributed by atoms with Gasteiger partial charge in [0, 0.05) is 6.07 Å². The number of hydrogen-bond donors (Lipinski definition) is 0. The van der Waals surface area contributed by atoms with Gasteiger partial charge in [-0.3, -0.25) is 19.7 Å². The van der Waals surface area contributed by atoms with Crippen LogP contribution in [0.3, 0.4) is 0 Å². The van der Waals surface area contributed by atoms with Gasteiger partial charge in [0.15, 0.2) is 0 Å². The van der Waals surface area contributed by atoms with E-state index in [1.165, 1.54) is 42.5 Å². The van der Waals surface area contributed by atoms with Gasteiger partial charge in [0.1, 0.15) is 11.7 Å². The lowest BCUT2D eigenvalue weighted by atomic mass is 9.98. The summed E-state index contributed by atoms with van der Waals surface area (Å²) in [7, 11) is 0. The predicted molar refractivity (Wildman–Crippen MR) is 103 cm³/mol. The maximum atomic E-state index is 12.7. The Bertz CT molecular complexity index is 1010. The van der Waals surface area contributed by atoms with Gasteiger partial charge in [-0.15, -0.1) is 0 Å². The van der Waals surface area contributed by atoms with Crippen LogP contribution in [0.25, 0.3) is 0 Å². The summed E-state index contributed by atoms with van der Waals surface area (Å²) < 4.78 is 5.52. The summed E-state index contributed by atoms with van der Waals surface area (Å²) in [6, 6.07) is 9.85. The highest BCUT2D eigenvalue weighted by molar-refractivity contribution is 6.35. The number of imide groups is 1. The van der Waals surface area contributed by atoms with Crippen molar-refractivity contribution in [1.82, 2.24) is 0 Å². The molecule has 0 saturated heterocycles. The van der Waals surface area contributed by atoms with E-state index < -0.39 is 28.4 Å². The molecule has 0 spiro atoms. The number of fused-ring (bicyclic) bond motifs is 1. The molecular weight excluding hydrogens is 376 g/mol. The quantitative estimate of drug-likeness (QED) is 0.337. The second kappa shape index (κ2) is 7.46. The molecule has 0 unspecified atom stereocenters. The molecule has 1 heterocycles. The van der Waals surface area contributed by atoms with Crippen molar-refractivity contribution in [2.45, 2.75) is 38.2 Å². The molecule has 0 aromatic heterocycles. The molecule has 2 aliphatic rings. The van der Waals surface area contributed by atoms with Crippen molar-refractivity contribution >= 4 is 29.2 Å². The summed E-state index contributed by atoms with van der Waals surface area (Å²) in [5.74, 6) is -1.83. The Morgan fingerprint density at radius 2 is 1.69 bits per heavy atom. The molecule has 148 valence electrons. The number of benzene rings is 2. The van der Waals surface area contributed by atoms with Crippen LogP contribution in [-0.2, 0) is 4.74 Å². The lowest BCUT2D eigenvalue weighted by molar-refractivity contribution is -0.385. The van der Waals surface area contributed by atoms with Crippen LogP contribution < -0.4 is 4.90 Å². The molecule has 8 nitrogen and oxygen atoms in total. The number of nitrogens with zero attached hydrogens (tertiary/aromatic N) is 2. The van der Waals surface area contributed by atoms with Crippen molar-refractivity contribution in [2.24, 2.45) is 0 Å². The minimum absolute atomic E-state index is 0.00927. The van der Waals surface area contributed by atoms with E-state index in [1.54, 1.807) is 0 Å². The standard InChI is InChI=1S/C21H18N2O6/c24-19-16-7-4-8-17(23(27)28)18(16)20(25)22(19)14-11-9-13(10-12-14)21(26)29-15-5-2-1-3-6-15/h4,7-12,15H,1-3,5-6H2. The Morgan fingerprint density at radius 3 is 2.34 bits per heavy atom. The van der Waals surface area contributed by atoms with Gasteiger partial charge in [0.25, 0.3) is 17.5 Å². The Morgan fingerprint density at radius 1 is 1.00 bits per heavy atom. The number of ether oxygens (including phenoxy) is 1. The van der Waals surface area contributed by atoms with Gasteiger partial charge < -0.3 is 4.74 Å². The number of carbonyl (C=O) groups excluding carboxylic acids is 3. The van der Waals surface area contributed by atoms with Crippen molar-refractivity contribution in [3.63, 3.8) is 0 Å². The number of amides is 2. The van der Waals surface area contributed by atoms with E-state index in [1.807, 2.05) is 0 Å². The first kappa shape index (κ1) is 18.8. The van der Waals surface area contributed by atoms with E-state index in [0.29, 0.717) is 5.56 Å². The van der Waals surface area contributed by atoms with E-state index in [-0.39, 0.29) is 22.9 Å². The van der Waals surface area contributed by atoms with E-state index in [2.05, 4.69) is 0 Å². The molecular formula is C21H18N2O6. The van der Waals surface area contributed by atoms with Gasteiger partial charge in [-0.05, 0) is 56.0 Å². The third kappa shape index (κ3) is 3.37. The molecule has 8 heteroatoms. The molecule has 0 bridgehead atoms. The van der Waals surface area contributed by atoms with E-state index in [4.69, 9.17) is 4.74 Å². The number of carbonyl (C=O) groups is 3. The largest absolute Gasteiger partial charge is 0.459 e. The van der Waals surface area contributed by atoms with Gasteiger partial charge in [0.2, 0.25) is 0 Å². The third-order valence-corrected chi connectivity index (χ3v) is 5.28. The number of esters is 1. The summed E-state index contributed by atoms with van der Waals surface area (Å²) in [5, 5.41) is 11.2. The number of nitro benzene ring substituents is 1. The Hall–Kier alpha value is -3.55. The molecule has 4 rings (SSSR count). The van der Waals surface area contributed by atoms with Crippen LogP contribution in [0, 0.1) is 10.1 Å². The maximum absolute atomic E-state index is 12.7. The minimum atomic E-state index is -0.755. The van der Waals surface area contributed by atoms with Gasteiger partial charge in [-0.2, -0.15) is 0 Å². The second-order valence-electron chi connectivity index (χ2n) is 7.11. The monoisotopic (exact) mass is 394 g/mol. The maximum Gasteiger partial charge on any atom is 0.338 e. The van der Waals surface area contributed by atoms with Gasteiger partial charge in [0.05, 0.1) is 21.7 Å². The second-order valence-corrected chi connectivity index (χ2v) is 7.11. The number of anilines is 1. The van der Waals surface area contributed by atoms with Gasteiger partial charge in [-0.1, -0.05) is 12.5 Å². The molecule has 2 amide bonds. The highest BCUT2D eigenvalue weighted by atomic mass is 16.6. The molecule has 29 heavy (non-hydrogen) atoms.